The third-order valence-corrected chi connectivity index (χ3v) is 3.35. The lowest BCUT2D eigenvalue weighted by Crippen LogP contribution is -2.36. The predicted octanol–water partition coefficient (Wildman–Crippen LogP) is 1.80. The quantitative estimate of drug-likeness (QED) is 0.855. The molecule has 1 aromatic carbocycles. The molecule has 2 N–H and O–H groups in total. The van der Waals surface area contributed by atoms with Crippen LogP contribution in [0.1, 0.15) is 31.2 Å². The molecule has 18 heavy (non-hydrogen) atoms. The molecular formula is C14H19FN2O. The van der Waals surface area contributed by atoms with Gasteiger partial charge in [0.15, 0.2) is 0 Å². The van der Waals surface area contributed by atoms with E-state index in [4.69, 9.17) is 0 Å². The van der Waals surface area contributed by atoms with E-state index in [0.29, 0.717) is 12.0 Å². The molecule has 0 spiro atoms. The number of amides is 1. The molecule has 0 saturated carbocycles. The minimum Gasteiger partial charge on any atom is -0.352 e. The SMILES string of the molecule is CC(CC(=O)NC1CCNC1)c1ccccc1F. The van der Waals surface area contributed by atoms with Crippen molar-refractivity contribution in [3.63, 3.8) is 0 Å². The average molecular weight is 250 g/mol. The Kier molecular flexibility index (Phi) is 4.31. The topological polar surface area (TPSA) is 41.1 Å². The Morgan fingerprint density at radius 2 is 2.33 bits per heavy atom. The highest BCUT2D eigenvalue weighted by atomic mass is 19.1. The molecule has 0 aliphatic carbocycles. The molecule has 0 aromatic heterocycles. The molecule has 1 heterocycles. The first-order valence-corrected chi connectivity index (χ1v) is 6.41. The molecule has 4 heteroatoms. The van der Waals surface area contributed by atoms with Crippen LogP contribution in [0.3, 0.4) is 0 Å². The van der Waals surface area contributed by atoms with Gasteiger partial charge in [-0.15, -0.1) is 0 Å². The lowest BCUT2D eigenvalue weighted by Gasteiger charge is -2.15. The molecule has 1 aromatic rings. The van der Waals surface area contributed by atoms with E-state index in [1.165, 1.54) is 6.07 Å². The zero-order valence-corrected chi connectivity index (χ0v) is 10.6. The standard InChI is InChI=1S/C14H19FN2O/c1-10(12-4-2-3-5-13(12)15)8-14(18)17-11-6-7-16-9-11/h2-5,10-11,16H,6-9H2,1H3,(H,17,18). The largest absolute Gasteiger partial charge is 0.352 e. The fourth-order valence-corrected chi connectivity index (χ4v) is 2.33. The molecule has 1 amide bonds. The van der Waals surface area contributed by atoms with Crippen LogP contribution in [0, 0.1) is 5.82 Å². The van der Waals surface area contributed by atoms with E-state index >= 15 is 0 Å². The van der Waals surface area contributed by atoms with Crippen molar-refractivity contribution in [2.45, 2.75) is 31.7 Å². The summed E-state index contributed by atoms with van der Waals surface area (Å²) in [5.41, 5.74) is 0.609. The van der Waals surface area contributed by atoms with Crippen LogP contribution in [0.15, 0.2) is 24.3 Å². The Balaban J connectivity index is 1.88. The lowest BCUT2D eigenvalue weighted by atomic mass is 9.97. The van der Waals surface area contributed by atoms with Gasteiger partial charge in [-0.25, -0.2) is 4.39 Å². The van der Waals surface area contributed by atoms with Crippen LogP contribution in [0.4, 0.5) is 4.39 Å². The summed E-state index contributed by atoms with van der Waals surface area (Å²) in [5.74, 6) is -0.333. The highest BCUT2D eigenvalue weighted by molar-refractivity contribution is 5.77. The number of rotatable bonds is 4. The van der Waals surface area contributed by atoms with E-state index in [9.17, 15) is 9.18 Å². The number of hydrogen-bond acceptors (Lipinski definition) is 2. The Morgan fingerprint density at radius 3 is 3.00 bits per heavy atom. The number of benzene rings is 1. The van der Waals surface area contributed by atoms with Crippen molar-refractivity contribution < 1.29 is 9.18 Å². The number of carbonyl (C=O) groups excluding carboxylic acids is 1. The van der Waals surface area contributed by atoms with Crippen molar-refractivity contribution in [1.82, 2.24) is 10.6 Å². The molecule has 2 rings (SSSR count). The van der Waals surface area contributed by atoms with Crippen LogP contribution >= 0.6 is 0 Å². The van der Waals surface area contributed by atoms with Crippen LogP contribution in [-0.2, 0) is 4.79 Å². The molecule has 1 saturated heterocycles. The van der Waals surface area contributed by atoms with E-state index in [2.05, 4.69) is 10.6 Å². The van der Waals surface area contributed by atoms with Crippen LogP contribution in [0.2, 0.25) is 0 Å². The summed E-state index contributed by atoms with van der Waals surface area (Å²) in [6.45, 7) is 3.67. The van der Waals surface area contributed by atoms with Gasteiger partial charge in [0.1, 0.15) is 5.82 Å². The van der Waals surface area contributed by atoms with Crippen molar-refractivity contribution in [2.75, 3.05) is 13.1 Å². The van der Waals surface area contributed by atoms with Crippen LogP contribution < -0.4 is 10.6 Å². The highest BCUT2D eigenvalue weighted by Gasteiger charge is 2.19. The van der Waals surface area contributed by atoms with Crippen LogP contribution in [0.5, 0.6) is 0 Å². The van der Waals surface area contributed by atoms with E-state index in [-0.39, 0.29) is 23.7 Å². The first-order chi connectivity index (χ1) is 8.66. The first kappa shape index (κ1) is 13.0. The van der Waals surface area contributed by atoms with Gasteiger partial charge < -0.3 is 10.6 Å². The van der Waals surface area contributed by atoms with Crippen molar-refractivity contribution in [3.8, 4) is 0 Å². The van der Waals surface area contributed by atoms with Gasteiger partial charge in [0.2, 0.25) is 5.91 Å². The maximum Gasteiger partial charge on any atom is 0.220 e. The second-order valence-electron chi connectivity index (χ2n) is 4.88. The molecule has 1 aliphatic heterocycles. The van der Waals surface area contributed by atoms with Gasteiger partial charge >= 0.3 is 0 Å². The summed E-state index contributed by atoms with van der Waals surface area (Å²) in [7, 11) is 0. The van der Waals surface area contributed by atoms with E-state index in [1.807, 2.05) is 6.92 Å². The van der Waals surface area contributed by atoms with Gasteiger partial charge in [-0.1, -0.05) is 25.1 Å². The zero-order valence-electron chi connectivity index (χ0n) is 10.6. The highest BCUT2D eigenvalue weighted by Crippen LogP contribution is 2.21. The maximum absolute atomic E-state index is 13.6. The number of hydrogen-bond donors (Lipinski definition) is 2. The number of halogens is 1. The van der Waals surface area contributed by atoms with Crippen LogP contribution in [-0.4, -0.2) is 25.0 Å². The predicted molar refractivity (Wildman–Crippen MR) is 68.8 cm³/mol. The third-order valence-electron chi connectivity index (χ3n) is 3.35. The molecule has 0 bridgehead atoms. The second kappa shape index (κ2) is 5.96. The lowest BCUT2D eigenvalue weighted by molar-refractivity contribution is -0.122. The van der Waals surface area contributed by atoms with E-state index < -0.39 is 0 Å². The summed E-state index contributed by atoms with van der Waals surface area (Å²) >= 11 is 0. The summed E-state index contributed by atoms with van der Waals surface area (Å²) in [4.78, 5) is 11.8. The average Bonchev–Trinajstić information content (AvgIpc) is 2.82. The van der Waals surface area contributed by atoms with Crippen molar-refractivity contribution >= 4 is 5.91 Å². The Morgan fingerprint density at radius 1 is 1.56 bits per heavy atom. The fraction of sp³-hybridized carbons (Fsp3) is 0.500. The third kappa shape index (κ3) is 3.29. The summed E-state index contributed by atoms with van der Waals surface area (Å²) in [6, 6.07) is 6.86. The number of carbonyl (C=O) groups is 1. The molecule has 2 unspecified atom stereocenters. The van der Waals surface area contributed by atoms with Crippen molar-refractivity contribution in [1.29, 1.82) is 0 Å². The Hall–Kier alpha value is -1.42. The molecule has 1 aliphatic rings. The van der Waals surface area contributed by atoms with Crippen molar-refractivity contribution in [3.05, 3.63) is 35.6 Å². The summed E-state index contributed by atoms with van der Waals surface area (Å²) < 4.78 is 13.6. The summed E-state index contributed by atoms with van der Waals surface area (Å²) in [5, 5.41) is 6.17. The van der Waals surface area contributed by atoms with Gasteiger partial charge in [0.25, 0.3) is 0 Å². The van der Waals surface area contributed by atoms with Gasteiger partial charge in [-0.2, -0.15) is 0 Å². The normalized spacial score (nSPS) is 20.7. The number of nitrogens with one attached hydrogen (secondary N) is 2. The maximum atomic E-state index is 13.6. The molecule has 3 nitrogen and oxygen atoms in total. The smallest absolute Gasteiger partial charge is 0.220 e. The molecule has 2 atom stereocenters. The monoisotopic (exact) mass is 250 g/mol. The molecule has 98 valence electrons. The summed E-state index contributed by atoms with van der Waals surface area (Å²) in [6.07, 6.45) is 1.30. The minimum absolute atomic E-state index is 0.000506. The first-order valence-electron chi connectivity index (χ1n) is 6.41. The fourth-order valence-electron chi connectivity index (χ4n) is 2.33. The van der Waals surface area contributed by atoms with Gasteiger partial charge in [-0.3, -0.25) is 4.79 Å². The molecular weight excluding hydrogens is 231 g/mol. The zero-order chi connectivity index (χ0) is 13.0. The Bertz CT molecular complexity index is 416. The minimum atomic E-state index is -0.236. The van der Waals surface area contributed by atoms with E-state index in [0.717, 1.165) is 19.5 Å². The molecule has 1 fully saturated rings. The van der Waals surface area contributed by atoms with Gasteiger partial charge in [0, 0.05) is 19.0 Å². The van der Waals surface area contributed by atoms with E-state index in [1.54, 1.807) is 18.2 Å². The van der Waals surface area contributed by atoms with Gasteiger partial charge in [0.05, 0.1) is 0 Å². The second-order valence-corrected chi connectivity index (χ2v) is 4.88. The Labute approximate surface area is 107 Å². The molecule has 0 radical (unpaired) electrons. The van der Waals surface area contributed by atoms with Gasteiger partial charge in [-0.05, 0) is 30.5 Å². The van der Waals surface area contributed by atoms with Crippen molar-refractivity contribution in [2.24, 2.45) is 0 Å². The van der Waals surface area contributed by atoms with Crippen LogP contribution in [0.25, 0.3) is 0 Å².